The Labute approximate surface area is 108 Å². The molecule has 0 spiro atoms. The second-order valence-corrected chi connectivity index (χ2v) is 5.05. The Morgan fingerprint density at radius 2 is 1.83 bits per heavy atom. The fourth-order valence-electron chi connectivity index (χ4n) is 3.08. The van der Waals surface area contributed by atoms with Crippen LogP contribution in [0.1, 0.15) is 43.8 Å². The average molecular weight is 248 g/mol. The molecular weight excluding hydrogens is 228 g/mol. The zero-order valence-electron chi connectivity index (χ0n) is 10.8. The zero-order chi connectivity index (χ0) is 13.0. The van der Waals surface area contributed by atoms with Gasteiger partial charge in [0.05, 0.1) is 11.5 Å². The first-order chi connectivity index (χ1) is 8.70. The van der Waals surface area contributed by atoms with E-state index < -0.39 is 11.4 Å². The van der Waals surface area contributed by atoms with Crippen LogP contribution in [0.5, 0.6) is 0 Å². The van der Waals surface area contributed by atoms with Gasteiger partial charge in [-0.15, -0.1) is 0 Å². The van der Waals surface area contributed by atoms with Gasteiger partial charge in [0.15, 0.2) is 0 Å². The van der Waals surface area contributed by atoms with E-state index in [1.165, 1.54) is 0 Å². The van der Waals surface area contributed by atoms with E-state index in [1.54, 1.807) is 7.11 Å². The number of benzene rings is 1. The van der Waals surface area contributed by atoms with Crippen LogP contribution in [-0.4, -0.2) is 18.2 Å². The van der Waals surface area contributed by atoms with Gasteiger partial charge in [0.25, 0.3) is 0 Å². The summed E-state index contributed by atoms with van der Waals surface area (Å²) in [6.45, 7) is 0. The third-order valence-corrected chi connectivity index (χ3v) is 4.01. The van der Waals surface area contributed by atoms with Gasteiger partial charge in [0.2, 0.25) is 0 Å². The standard InChI is InChI=1S/C15H20O3/c1-18-13(12-8-4-2-5-9-12)15(14(16)17)10-6-3-7-11-15/h2,4-5,8-9,13H,3,6-7,10-11H2,1H3,(H,16,17). The van der Waals surface area contributed by atoms with Crippen molar-refractivity contribution in [2.75, 3.05) is 7.11 Å². The highest BCUT2D eigenvalue weighted by Gasteiger charge is 2.47. The van der Waals surface area contributed by atoms with Gasteiger partial charge in [-0.05, 0) is 18.4 Å². The molecule has 0 bridgehead atoms. The number of rotatable bonds is 4. The number of carboxylic acids is 1. The molecule has 1 atom stereocenters. The Bertz CT molecular complexity index is 393. The average Bonchev–Trinajstić information content (AvgIpc) is 2.41. The minimum atomic E-state index is -0.756. The molecule has 18 heavy (non-hydrogen) atoms. The highest BCUT2D eigenvalue weighted by Crippen LogP contribution is 2.47. The first-order valence-corrected chi connectivity index (χ1v) is 6.52. The van der Waals surface area contributed by atoms with Crippen molar-refractivity contribution < 1.29 is 14.6 Å². The first kappa shape index (κ1) is 13.1. The van der Waals surface area contributed by atoms with E-state index in [-0.39, 0.29) is 6.10 Å². The van der Waals surface area contributed by atoms with Crippen LogP contribution in [0, 0.1) is 5.41 Å². The Balaban J connectivity index is 2.36. The van der Waals surface area contributed by atoms with E-state index in [9.17, 15) is 9.90 Å². The molecule has 1 aromatic rings. The zero-order valence-corrected chi connectivity index (χ0v) is 10.8. The molecule has 1 fully saturated rings. The van der Waals surface area contributed by atoms with Crippen LogP contribution >= 0.6 is 0 Å². The maximum Gasteiger partial charge on any atom is 0.312 e. The summed E-state index contributed by atoms with van der Waals surface area (Å²) in [5.74, 6) is -0.724. The van der Waals surface area contributed by atoms with Crippen LogP contribution in [-0.2, 0) is 9.53 Å². The summed E-state index contributed by atoms with van der Waals surface area (Å²) in [5, 5.41) is 9.67. The minimum Gasteiger partial charge on any atom is -0.481 e. The van der Waals surface area contributed by atoms with Crippen LogP contribution in [0.15, 0.2) is 30.3 Å². The van der Waals surface area contributed by atoms with Gasteiger partial charge < -0.3 is 9.84 Å². The van der Waals surface area contributed by atoms with Crippen molar-refractivity contribution in [3.05, 3.63) is 35.9 Å². The van der Waals surface area contributed by atoms with E-state index in [0.29, 0.717) is 12.8 Å². The van der Waals surface area contributed by atoms with Crippen molar-refractivity contribution in [1.29, 1.82) is 0 Å². The molecule has 1 aliphatic carbocycles. The molecule has 0 saturated heterocycles. The minimum absolute atomic E-state index is 0.350. The van der Waals surface area contributed by atoms with Crippen molar-refractivity contribution in [3.63, 3.8) is 0 Å². The third-order valence-electron chi connectivity index (χ3n) is 4.01. The summed E-state index contributed by atoms with van der Waals surface area (Å²) in [5.41, 5.74) is 0.207. The van der Waals surface area contributed by atoms with Crippen LogP contribution in [0.25, 0.3) is 0 Å². The molecular formula is C15H20O3. The monoisotopic (exact) mass is 248 g/mol. The fourth-order valence-corrected chi connectivity index (χ4v) is 3.08. The van der Waals surface area contributed by atoms with Gasteiger partial charge in [-0.1, -0.05) is 49.6 Å². The molecule has 1 unspecified atom stereocenters. The molecule has 3 heteroatoms. The third kappa shape index (κ3) is 2.27. The van der Waals surface area contributed by atoms with E-state index in [2.05, 4.69) is 0 Å². The number of aliphatic carboxylic acids is 1. The van der Waals surface area contributed by atoms with Gasteiger partial charge in [0.1, 0.15) is 0 Å². The van der Waals surface area contributed by atoms with Gasteiger partial charge >= 0.3 is 5.97 Å². The second kappa shape index (κ2) is 5.53. The number of hydrogen-bond acceptors (Lipinski definition) is 2. The van der Waals surface area contributed by atoms with E-state index in [0.717, 1.165) is 24.8 Å². The van der Waals surface area contributed by atoms with Crippen LogP contribution in [0.2, 0.25) is 0 Å². The van der Waals surface area contributed by atoms with Gasteiger partial charge in [-0.3, -0.25) is 4.79 Å². The van der Waals surface area contributed by atoms with Gasteiger partial charge in [0, 0.05) is 7.11 Å². The topological polar surface area (TPSA) is 46.5 Å². The normalized spacial score (nSPS) is 20.3. The molecule has 1 aromatic carbocycles. The summed E-state index contributed by atoms with van der Waals surface area (Å²) < 4.78 is 5.56. The molecule has 0 aliphatic heterocycles. The molecule has 1 N–H and O–H groups in total. The predicted octanol–water partition coefficient (Wildman–Crippen LogP) is 3.41. The fraction of sp³-hybridized carbons (Fsp3) is 0.533. The van der Waals surface area contributed by atoms with Crippen LogP contribution in [0.4, 0.5) is 0 Å². The van der Waals surface area contributed by atoms with Crippen molar-refractivity contribution in [1.82, 2.24) is 0 Å². The highest BCUT2D eigenvalue weighted by molar-refractivity contribution is 5.76. The number of carbonyl (C=O) groups is 1. The quantitative estimate of drug-likeness (QED) is 0.888. The second-order valence-electron chi connectivity index (χ2n) is 5.05. The lowest BCUT2D eigenvalue weighted by atomic mass is 9.68. The molecule has 0 amide bonds. The first-order valence-electron chi connectivity index (χ1n) is 6.52. The summed E-state index contributed by atoms with van der Waals surface area (Å²) in [4.78, 5) is 11.8. The molecule has 2 rings (SSSR count). The molecule has 1 aliphatic rings. The highest BCUT2D eigenvalue weighted by atomic mass is 16.5. The van der Waals surface area contributed by atoms with E-state index in [1.807, 2.05) is 30.3 Å². The summed E-state index contributed by atoms with van der Waals surface area (Å²) in [6.07, 6.45) is 4.13. The van der Waals surface area contributed by atoms with Crippen LogP contribution in [0.3, 0.4) is 0 Å². The smallest absolute Gasteiger partial charge is 0.312 e. The summed E-state index contributed by atoms with van der Waals surface area (Å²) >= 11 is 0. The molecule has 0 radical (unpaired) electrons. The SMILES string of the molecule is COC(c1ccccc1)C1(C(=O)O)CCCCC1. The number of hydrogen-bond donors (Lipinski definition) is 1. The van der Waals surface area contributed by atoms with Gasteiger partial charge in [-0.25, -0.2) is 0 Å². The Morgan fingerprint density at radius 3 is 2.33 bits per heavy atom. The van der Waals surface area contributed by atoms with Crippen LogP contribution < -0.4 is 0 Å². The maximum atomic E-state index is 11.8. The summed E-state index contributed by atoms with van der Waals surface area (Å²) in [6, 6.07) is 9.70. The van der Waals surface area contributed by atoms with Crippen molar-refractivity contribution in [2.45, 2.75) is 38.2 Å². The molecule has 0 heterocycles. The Hall–Kier alpha value is -1.35. The number of ether oxygens (including phenoxy) is 1. The number of methoxy groups -OCH3 is 1. The lowest BCUT2D eigenvalue weighted by Crippen LogP contribution is -2.40. The predicted molar refractivity (Wildman–Crippen MR) is 69.3 cm³/mol. The Morgan fingerprint density at radius 1 is 1.22 bits per heavy atom. The molecule has 1 saturated carbocycles. The van der Waals surface area contributed by atoms with E-state index in [4.69, 9.17) is 4.74 Å². The molecule has 3 nitrogen and oxygen atoms in total. The maximum absolute atomic E-state index is 11.8. The molecule has 98 valence electrons. The van der Waals surface area contributed by atoms with E-state index >= 15 is 0 Å². The molecule has 0 aromatic heterocycles. The van der Waals surface area contributed by atoms with Gasteiger partial charge in [-0.2, -0.15) is 0 Å². The lowest BCUT2D eigenvalue weighted by molar-refractivity contribution is -0.162. The van der Waals surface area contributed by atoms with Crippen molar-refractivity contribution in [2.24, 2.45) is 5.41 Å². The lowest BCUT2D eigenvalue weighted by Gasteiger charge is -2.39. The Kier molecular flexibility index (Phi) is 4.02. The summed E-state index contributed by atoms with van der Waals surface area (Å²) in [7, 11) is 1.61. The number of carboxylic acid groups (broad SMARTS) is 1. The largest absolute Gasteiger partial charge is 0.481 e. The van der Waals surface area contributed by atoms with Crippen molar-refractivity contribution >= 4 is 5.97 Å². The van der Waals surface area contributed by atoms with Crippen molar-refractivity contribution in [3.8, 4) is 0 Å².